The number of carbonyl (C=O) groups is 1. The molecule has 0 saturated carbocycles. The Hall–Kier alpha value is -2.18. The van der Waals surface area contributed by atoms with Gasteiger partial charge in [0, 0.05) is 12.6 Å². The van der Waals surface area contributed by atoms with Gasteiger partial charge < -0.3 is 10.4 Å². The second-order valence-electron chi connectivity index (χ2n) is 4.24. The molecule has 0 radical (unpaired) electrons. The quantitative estimate of drug-likeness (QED) is 0.594. The fraction of sp³-hybridized carbons (Fsp3) is 0.455. The van der Waals surface area contributed by atoms with Gasteiger partial charge in [0.15, 0.2) is 5.69 Å². The van der Waals surface area contributed by atoms with Crippen molar-refractivity contribution in [2.75, 3.05) is 11.9 Å². The van der Waals surface area contributed by atoms with E-state index in [0.29, 0.717) is 12.5 Å². The van der Waals surface area contributed by atoms with Gasteiger partial charge in [0.1, 0.15) is 0 Å². The van der Waals surface area contributed by atoms with E-state index in [0.717, 1.165) is 18.6 Å². The number of nitrogens with zero attached hydrogens (tertiary/aromatic N) is 2. The van der Waals surface area contributed by atoms with Crippen molar-refractivity contribution in [3.05, 3.63) is 27.9 Å². The molecule has 0 spiro atoms. The lowest BCUT2D eigenvalue weighted by Gasteiger charge is -2.08. The molecule has 0 aliphatic heterocycles. The lowest BCUT2D eigenvalue weighted by atomic mass is 10.1. The average molecular weight is 253 g/mol. The summed E-state index contributed by atoms with van der Waals surface area (Å²) < 4.78 is 0. The number of carboxylic acids is 1. The molecule has 7 nitrogen and oxygen atoms in total. The van der Waals surface area contributed by atoms with E-state index in [4.69, 9.17) is 5.11 Å². The molecule has 0 aliphatic carbocycles. The van der Waals surface area contributed by atoms with E-state index < -0.39 is 10.9 Å². The van der Waals surface area contributed by atoms with Crippen molar-refractivity contribution in [2.24, 2.45) is 5.92 Å². The molecule has 0 unspecified atom stereocenters. The van der Waals surface area contributed by atoms with Crippen molar-refractivity contribution in [3.8, 4) is 0 Å². The Balaban J connectivity index is 2.93. The monoisotopic (exact) mass is 253 g/mol. The lowest BCUT2D eigenvalue weighted by Crippen LogP contribution is -2.11. The number of carboxylic acid groups (broad SMARTS) is 1. The summed E-state index contributed by atoms with van der Waals surface area (Å²) >= 11 is 0. The molecule has 98 valence electrons. The van der Waals surface area contributed by atoms with Crippen LogP contribution in [0.3, 0.4) is 0 Å². The number of anilines is 1. The Labute approximate surface area is 104 Å². The van der Waals surface area contributed by atoms with Gasteiger partial charge in [0.25, 0.3) is 0 Å². The van der Waals surface area contributed by atoms with Crippen LogP contribution >= 0.6 is 0 Å². The third-order valence-corrected chi connectivity index (χ3v) is 2.30. The molecule has 0 aromatic carbocycles. The highest BCUT2D eigenvalue weighted by molar-refractivity contribution is 5.86. The first-order chi connectivity index (χ1) is 8.41. The molecule has 1 heterocycles. The zero-order chi connectivity index (χ0) is 13.7. The third kappa shape index (κ3) is 3.69. The van der Waals surface area contributed by atoms with E-state index in [9.17, 15) is 14.9 Å². The van der Waals surface area contributed by atoms with Gasteiger partial charge >= 0.3 is 11.7 Å². The minimum absolute atomic E-state index is 0.000509. The van der Waals surface area contributed by atoms with Crippen molar-refractivity contribution in [3.63, 3.8) is 0 Å². The van der Waals surface area contributed by atoms with Crippen LogP contribution in [0.2, 0.25) is 0 Å². The molecule has 0 aliphatic rings. The predicted octanol–water partition coefficient (Wildman–Crippen LogP) is 2.15. The van der Waals surface area contributed by atoms with Crippen molar-refractivity contribution in [2.45, 2.75) is 20.3 Å². The summed E-state index contributed by atoms with van der Waals surface area (Å²) in [5.41, 5.74) is -0.434. The Morgan fingerprint density at radius 3 is 2.72 bits per heavy atom. The molecule has 0 amide bonds. The first-order valence-electron chi connectivity index (χ1n) is 5.54. The van der Waals surface area contributed by atoms with Gasteiger partial charge in [-0.05, 0) is 18.4 Å². The number of aromatic nitrogens is 1. The molecule has 0 fully saturated rings. The predicted molar refractivity (Wildman–Crippen MR) is 65.8 cm³/mol. The lowest BCUT2D eigenvalue weighted by molar-refractivity contribution is -0.384. The molecular weight excluding hydrogens is 238 g/mol. The van der Waals surface area contributed by atoms with Gasteiger partial charge in [0.2, 0.25) is 5.82 Å². The second-order valence-corrected chi connectivity index (χ2v) is 4.24. The van der Waals surface area contributed by atoms with E-state index in [1.807, 2.05) is 13.8 Å². The Bertz CT molecular complexity index is 460. The summed E-state index contributed by atoms with van der Waals surface area (Å²) in [6, 6.07) is 2.27. The highest BCUT2D eigenvalue weighted by atomic mass is 16.6. The zero-order valence-corrected chi connectivity index (χ0v) is 10.2. The molecule has 0 saturated heterocycles. The fourth-order valence-electron chi connectivity index (χ4n) is 1.33. The first kappa shape index (κ1) is 13.9. The minimum Gasteiger partial charge on any atom is -0.477 e. The highest BCUT2D eigenvalue weighted by Gasteiger charge is 2.17. The van der Waals surface area contributed by atoms with Gasteiger partial charge in [-0.25, -0.2) is 9.78 Å². The summed E-state index contributed by atoms with van der Waals surface area (Å²) in [6.07, 6.45) is 0.816. The van der Waals surface area contributed by atoms with Crippen molar-refractivity contribution in [1.82, 2.24) is 4.98 Å². The van der Waals surface area contributed by atoms with E-state index in [1.165, 1.54) is 0 Å². The normalized spacial score (nSPS) is 10.4. The van der Waals surface area contributed by atoms with Gasteiger partial charge in [-0.1, -0.05) is 13.8 Å². The maximum atomic E-state index is 10.8. The van der Waals surface area contributed by atoms with Crippen LogP contribution in [0.4, 0.5) is 11.5 Å². The molecule has 0 bridgehead atoms. The third-order valence-electron chi connectivity index (χ3n) is 2.30. The summed E-state index contributed by atoms with van der Waals surface area (Å²) in [4.78, 5) is 24.7. The van der Waals surface area contributed by atoms with E-state index >= 15 is 0 Å². The van der Waals surface area contributed by atoms with Crippen LogP contribution in [-0.2, 0) is 0 Å². The zero-order valence-electron chi connectivity index (χ0n) is 10.2. The Morgan fingerprint density at radius 2 is 2.22 bits per heavy atom. The molecule has 0 atom stereocenters. The number of nitrogens with one attached hydrogen (secondary N) is 1. The topological polar surface area (TPSA) is 105 Å². The molecular formula is C11H15N3O4. The summed E-state index contributed by atoms with van der Waals surface area (Å²) in [5, 5.41) is 22.4. The molecule has 1 aromatic rings. The summed E-state index contributed by atoms with van der Waals surface area (Å²) in [7, 11) is 0. The number of pyridine rings is 1. The second kappa shape index (κ2) is 5.95. The van der Waals surface area contributed by atoms with Crippen LogP contribution in [-0.4, -0.2) is 27.5 Å². The van der Waals surface area contributed by atoms with Crippen molar-refractivity contribution in [1.29, 1.82) is 0 Å². The molecule has 7 heteroatoms. The molecule has 18 heavy (non-hydrogen) atoms. The van der Waals surface area contributed by atoms with Crippen LogP contribution in [0, 0.1) is 16.0 Å². The van der Waals surface area contributed by atoms with Gasteiger partial charge in [-0.2, -0.15) is 0 Å². The maximum absolute atomic E-state index is 10.8. The van der Waals surface area contributed by atoms with Crippen LogP contribution in [0.25, 0.3) is 0 Å². The average Bonchev–Trinajstić information content (AvgIpc) is 2.27. The smallest absolute Gasteiger partial charge is 0.354 e. The number of nitro groups is 1. The number of hydrogen-bond donors (Lipinski definition) is 2. The largest absolute Gasteiger partial charge is 0.477 e. The molecule has 1 aromatic heterocycles. The van der Waals surface area contributed by atoms with E-state index in [2.05, 4.69) is 10.3 Å². The Kier molecular flexibility index (Phi) is 4.59. The minimum atomic E-state index is -1.21. The van der Waals surface area contributed by atoms with Gasteiger partial charge in [-0.15, -0.1) is 0 Å². The highest BCUT2D eigenvalue weighted by Crippen LogP contribution is 2.22. The van der Waals surface area contributed by atoms with Crippen LogP contribution in [0.5, 0.6) is 0 Å². The summed E-state index contributed by atoms with van der Waals surface area (Å²) in [5.74, 6) is -0.767. The standard InChI is InChI=1S/C11H15N3O4/c1-7(2)5-6-12-10-9(14(17)18)4-3-8(13-10)11(15)16/h3-4,7H,5-6H2,1-2H3,(H,12,13)(H,15,16). The molecule has 1 rings (SSSR count). The van der Waals surface area contributed by atoms with Crippen LogP contribution in [0.1, 0.15) is 30.8 Å². The fourth-order valence-corrected chi connectivity index (χ4v) is 1.33. The number of hydrogen-bond acceptors (Lipinski definition) is 5. The summed E-state index contributed by atoms with van der Waals surface area (Å²) in [6.45, 7) is 4.56. The van der Waals surface area contributed by atoms with Crippen LogP contribution < -0.4 is 5.32 Å². The van der Waals surface area contributed by atoms with Gasteiger partial charge in [-0.3, -0.25) is 10.1 Å². The van der Waals surface area contributed by atoms with Crippen molar-refractivity contribution >= 4 is 17.5 Å². The molecule has 2 N–H and O–H groups in total. The van der Waals surface area contributed by atoms with Gasteiger partial charge in [0.05, 0.1) is 4.92 Å². The Morgan fingerprint density at radius 1 is 1.56 bits per heavy atom. The van der Waals surface area contributed by atoms with Crippen molar-refractivity contribution < 1.29 is 14.8 Å². The van der Waals surface area contributed by atoms with E-state index in [-0.39, 0.29) is 17.2 Å². The first-order valence-corrected chi connectivity index (χ1v) is 5.54. The van der Waals surface area contributed by atoms with Crippen LogP contribution in [0.15, 0.2) is 12.1 Å². The maximum Gasteiger partial charge on any atom is 0.354 e. The van der Waals surface area contributed by atoms with E-state index in [1.54, 1.807) is 0 Å². The SMILES string of the molecule is CC(C)CCNc1nc(C(=O)O)ccc1[N+](=O)[O-]. The number of aromatic carboxylic acids is 1. The number of rotatable bonds is 6.